The van der Waals surface area contributed by atoms with Crippen LogP contribution in [-0.2, 0) is 98.8 Å². The van der Waals surface area contributed by atoms with Gasteiger partial charge in [-0.3, -0.25) is 14.4 Å². The normalized spacial score (nSPS) is 15.9. The SMILES string of the molecule is CC(C)(C)OC(=O)NC(Cc1ccc(O)cc1)C(=O)O.CC(C)(C)OC(=O)N[C@H](Cc1ccc(O)cc1)C(=O)OC(C1CC1)C1CC1.CC(C)(C)OC(=O)N[C@H](Cc1ccc(OC(=O)OC(C)(C)C)cc1)C(=O)OC(C1CC1)C1CC1.C[C@H](Cc1ccc(OC(=O)OC(C)(C)C)cc1)C(=O)O.N[C@H](Cc1ccc(O)cc1)C(=O)O.OC(C1CC1)C1CC1.[2H]C(=O)OC(C)(C)C. The van der Waals surface area contributed by atoms with Crippen molar-refractivity contribution in [1.29, 1.82) is 0 Å². The first-order chi connectivity index (χ1) is 60.2. The third kappa shape index (κ3) is 48.5. The lowest BCUT2D eigenvalue weighted by atomic mass is 10.0. The summed E-state index contributed by atoms with van der Waals surface area (Å²) in [6.07, 6.45) is 10.6. The fourth-order valence-corrected chi connectivity index (χ4v) is 12.1. The van der Waals surface area contributed by atoms with Crippen LogP contribution in [-0.4, -0.2) is 179 Å². The Bertz CT molecular complexity index is 4410. The third-order valence-electron chi connectivity index (χ3n) is 19.2. The minimum atomic E-state index is -1.15. The van der Waals surface area contributed by atoms with Gasteiger partial charge in [-0.25, -0.2) is 38.4 Å². The predicted molar refractivity (Wildman–Crippen MR) is 478 cm³/mol. The Morgan fingerprint density at radius 3 is 0.860 bits per heavy atom. The highest BCUT2D eigenvalue weighted by Gasteiger charge is 2.47. The molecule has 1 unspecified atom stereocenters. The van der Waals surface area contributed by atoms with Crippen LogP contribution < -0.4 is 31.2 Å². The number of nitrogens with two attached hydrogens (primary N) is 1. The van der Waals surface area contributed by atoms with E-state index in [0.29, 0.717) is 59.0 Å². The van der Waals surface area contributed by atoms with Crippen molar-refractivity contribution in [3.05, 3.63) is 149 Å². The van der Waals surface area contributed by atoms with Crippen LogP contribution in [0.15, 0.2) is 121 Å². The van der Waals surface area contributed by atoms with Crippen LogP contribution in [0.25, 0.3) is 0 Å². The summed E-state index contributed by atoms with van der Waals surface area (Å²) in [5.74, 6) is -0.00441. The lowest BCUT2D eigenvalue weighted by Gasteiger charge is -2.25. The number of aliphatic hydroxyl groups excluding tert-OH is 1. The molecule has 6 aliphatic rings. The Morgan fingerprint density at radius 1 is 0.372 bits per heavy atom. The average molecular weight is 1810 g/mol. The monoisotopic (exact) mass is 1810 g/mol. The van der Waals surface area contributed by atoms with Gasteiger partial charge >= 0.3 is 60.4 Å². The van der Waals surface area contributed by atoms with Crippen LogP contribution in [0.4, 0.5) is 24.0 Å². The number of carboxylic acid groups (broad SMARTS) is 3. The van der Waals surface area contributed by atoms with Gasteiger partial charge in [-0.2, -0.15) is 0 Å². The molecule has 5 aromatic carbocycles. The molecular weight excluding hydrogens is 1670 g/mol. The Kier molecular flexibility index (Phi) is 40.7. The molecule has 5 aromatic rings. The van der Waals surface area contributed by atoms with Gasteiger partial charge in [0.2, 0.25) is 0 Å². The van der Waals surface area contributed by atoms with Crippen molar-refractivity contribution >= 4 is 66.9 Å². The van der Waals surface area contributed by atoms with E-state index >= 15 is 0 Å². The van der Waals surface area contributed by atoms with E-state index in [4.69, 9.17) is 75.3 Å². The van der Waals surface area contributed by atoms with Crippen molar-refractivity contribution in [2.75, 3.05) is 0 Å². The summed E-state index contributed by atoms with van der Waals surface area (Å²) in [5.41, 5.74) is 5.46. The van der Waals surface area contributed by atoms with E-state index in [2.05, 4.69) is 20.7 Å². The summed E-state index contributed by atoms with van der Waals surface area (Å²) in [7, 11) is 0. The number of carbonyl (C=O) groups excluding carboxylic acids is 8. The molecule has 714 valence electrons. The molecule has 6 fully saturated rings. The van der Waals surface area contributed by atoms with Gasteiger partial charge in [0.1, 0.15) is 98.7 Å². The Hall–Kier alpha value is -11.4. The molecule has 5 atom stereocenters. The maximum atomic E-state index is 13.1. The second-order valence-electron chi connectivity index (χ2n) is 39.2. The summed E-state index contributed by atoms with van der Waals surface area (Å²) >= 11 is 0. The van der Waals surface area contributed by atoms with Gasteiger partial charge in [-0.05, 0) is 339 Å². The van der Waals surface area contributed by atoms with E-state index in [1.807, 2.05) is 0 Å². The van der Waals surface area contributed by atoms with Crippen LogP contribution in [0.3, 0.4) is 0 Å². The number of nitrogens with one attached hydrogen (secondary N) is 3. The number of hydrogen-bond donors (Lipinski definition) is 11. The number of aliphatic hydroxyl groups is 1. The topological polar surface area (TPSA) is 484 Å². The molecule has 0 spiro atoms. The zero-order valence-electron chi connectivity index (χ0n) is 78.9. The van der Waals surface area contributed by atoms with Crippen molar-refractivity contribution in [1.82, 2.24) is 16.0 Å². The highest BCUT2D eigenvalue weighted by molar-refractivity contribution is 5.83. The molecule has 32 nitrogen and oxygen atoms in total. The number of hydrogen-bond acceptors (Lipinski definition) is 26. The number of benzene rings is 5. The number of carboxylic acids is 3. The van der Waals surface area contributed by atoms with E-state index in [1.165, 1.54) is 49.9 Å². The first-order valence-electron chi connectivity index (χ1n) is 44.3. The Balaban J connectivity index is 0.000000282. The quantitative estimate of drug-likeness (QED) is 0.00959. The Morgan fingerprint density at radius 2 is 0.628 bits per heavy atom. The number of aliphatic carboxylic acids is 3. The molecule has 0 radical (unpaired) electrons. The molecule has 12 N–H and O–H groups in total. The van der Waals surface area contributed by atoms with E-state index in [1.54, 1.807) is 229 Å². The highest BCUT2D eigenvalue weighted by Crippen LogP contribution is 2.48. The number of amides is 3. The van der Waals surface area contributed by atoms with E-state index in [9.17, 15) is 63.0 Å². The summed E-state index contributed by atoms with van der Waals surface area (Å²) in [6, 6.07) is 28.7. The summed E-state index contributed by atoms with van der Waals surface area (Å²) in [6.45, 7) is 33.0. The Labute approximate surface area is 758 Å². The summed E-state index contributed by atoms with van der Waals surface area (Å²) in [5, 5.41) is 71.0. The zero-order chi connectivity index (χ0) is 97.6. The lowest BCUT2D eigenvalue weighted by Crippen LogP contribution is -2.46. The van der Waals surface area contributed by atoms with Crippen molar-refractivity contribution < 1.29 is 137 Å². The van der Waals surface area contributed by atoms with Gasteiger partial charge < -0.3 is 105 Å². The van der Waals surface area contributed by atoms with Gasteiger partial charge in [-0.1, -0.05) is 67.6 Å². The molecule has 32 heteroatoms. The minimum absolute atomic E-state index is 0.0275. The standard InChI is InChI=1S/C26H37NO7.C21H29NO5.C15H20O5.C14H19NO5.C9H11NO3.C7H12O.C5H10O2/c1-25(2,3)33-23(29)27-20(22(28)32-21(17-9-10-17)18-11-12-18)15-16-7-13-19(14-8-16)31-24(30)34-26(4,5)6;1-21(2,3)27-20(25)22-17(12-13-4-10-16(23)11-5-13)19(24)26-18(14-6-7-14)15-8-9-15;1-10(13(16)17)9-11-5-7-12(8-6-11)19-14(18)20-15(2,3)4;1-14(2,3)20-13(19)15-11(12(17)18)8-9-4-6-10(16)7-5-9;10-8(9(12)13)5-6-1-3-7(11)4-2-6;8-7(5-1-2-5)6-3-4-6;1-5(2,3)7-4-6/h7-8,13-14,17-18,20-21H,9-12,15H2,1-6H3,(H,27,29);4-5,10-11,14-15,17-18,23H,6-9,12H2,1-3H3,(H,22,25);5-8,10H,9H2,1-4H3,(H,16,17);4-7,11,16H,8H2,1-3H3,(H,15,19)(H,17,18);1-4,8,11H,5,10H2,(H,12,13);5-8H,1-4H2;4H,1-3H3/t20-;17-;10-;;8-;;/m111.1../s1/i;;;;;;4D. The van der Waals surface area contributed by atoms with Crippen molar-refractivity contribution in [3.63, 3.8) is 0 Å². The average Bonchev–Trinajstić information content (AvgIpc) is 1.67. The zero-order valence-corrected chi connectivity index (χ0v) is 77.9. The third-order valence-corrected chi connectivity index (χ3v) is 19.2. The highest BCUT2D eigenvalue weighted by atomic mass is 16.7. The van der Waals surface area contributed by atoms with Crippen LogP contribution in [0, 0.1) is 41.4 Å². The molecule has 6 aliphatic carbocycles. The number of carbonyl (C=O) groups is 11. The fourth-order valence-electron chi connectivity index (χ4n) is 12.1. The molecule has 3 amide bonds. The first-order valence-corrected chi connectivity index (χ1v) is 43.8. The van der Waals surface area contributed by atoms with Crippen LogP contribution in [0.5, 0.6) is 28.7 Å². The van der Waals surface area contributed by atoms with Crippen LogP contribution >= 0.6 is 0 Å². The number of phenolic OH excluding ortho intramolecular Hbond substituents is 3. The number of esters is 2. The van der Waals surface area contributed by atoms with Crippen molar-refractivity contribution in [2.45, 2.75) is 317 Å². The maximum Gasteiger partial charge on any atom is 0.514 e. The largest absolute Gasteiger partial charge is 0.514 e. The van der Waals surface area contributed by atoms with Crippen LogP contribution in [0.2, 0.25) is 0 Å². The molecule has 0 aromatic heterocycles. The van der Waals surface area contributed by atoms with Gasteiger partial charge in [0.15, 0.2) is 1.37 Å². The summed E-state index contributed by atoms with van der Waals surface area (Å²) < 4.78 is 58.6. The van der Waals surface area contributed by atoms with Gasteiger partial charge in [0, 0.05) is 19.3 Å². The van der Waals surface area contributed by atoms with Crippen LogP contribution in [0.1, 0.15) is 238 Å². The number of phenols is 3. The number of aromatic hydroxyl groups is 3. The number of alkyl carbamates (subject to hydrolysis) is 3. The molecule has 0 bridgehead atoms. The molecule has 0 heterocycles. The smallest absolute Gasteiger partial charge is 0.508 e. The molecule has 0 saturated heterocycles. The molecule has 0 aliphatic heterocycles. The molecular formula is C97H138N4O28. The fraction of sp³-hybridized carbons (Fsp3) is 0.577. The number of rotatable bonds is 28. The summed E-state index contributed by atoms with van der Waals surface area (Å²) in [4.78, 5) is 128. The maximum absolute atomic E-state index is 13.1. The van der Waals surface area contributed by atoms with Gasteiger partial charge in [0.25, 0.3) is 6.45 Å². The van der Waals surface area contributed by atoms with Crippen molar-refractivity contribution in [2.24, 2.45) is 47.2 Å². The first kappa shape index (κ1) is 106. The van der Waals surface area contributed by atoms with Crippen molar-refractivity contribution in [3.8, 4) is 28.7 Å². The van der Waals surface area contributed by atoms with Gasteiger partial charge in [0.05, 0.1) is 12.0 Å². The van der Waals surface area contributed by atoms with E-state index < -0.39 is 131 Å². The predicted octanol–water partition coefficient (Wildman–Crippen LogP) is 16.4. The lowest BCUT2D eigenvalue weighted by molar-refractivity contribution is -0.154. The second-order valence-corrected chi connectivity index (χ2v) is 39.2. The van der Waals surface area contributed by atoms with E-state index in [-0.39, 0.29) is 61.2 Å². The minimum Gasteiger partial charge on any atom is -0.508 e. The molecule has 129 heavy (non-hydrogen) atoms. The second kappa shape index (κ2) is 49.4. The number of ether oxygens (including phenoxy) is 10. The molecule has 11 rings (SSSR count). The van der Waals surface area contributed by atoms with E-state index in [0.717, 1.165) is 73.6 Å². The molecule has 6 saturated carbocycles. The van der Waals surface area contributed by atoms with Gasteiger partial charge in [-0.15, -0.1) is 0 Å².